The second-order valence-electron chi connectivity index (χ2n) is 7.16. The van der Waals surface area contributed by atoms with Gasteiger partial charge in [-0.3, -0.25) is 4.79 Å². The molecule has 0 aromatic heterocycles. The Hall–Kier alpha value is -1.66. The number of hydrogen-bond acceptors (Lipinski definition) is 4. The van der Waals surface area contributed by atoms with Crippen molar-refractivity contribution < 1.29 is 17.9 Å². The molecule has 140 valence electrons. The highest BCUT2D eigenvalue weighted by molar-refractivity contribution is 9.10. The SMILES string of the molecule is CC(C)(C)OC(=O)C(Cc1ccccc1)CS(=O)(=O)c1ccc(Br)cc1. The number of carbonyl (C=O) groups excluding carboxylic acids is 1. The zero-order valence-corrected chi connectivity index (χ0v) is 17.5. The molecular weight excluding hydrogens is 416 g/mol. The molecule has 0 aliphatic rings. The van der Waals surface area contributed by atoms with Crippen LogP contribution in [0.15, 0.2) is 64.0 Å². The van der Waals surface area contributed by atoms with Crippen LogP contribution < -0.4 is 0 Å². The first kappa shape index (κ1) is 20.6. The Labute approximate surface area is 163 Å². The molecule has 0 N–H and O–H groups in total. The van der Waals surface area contributed by atoms with Gasteiger partial charge >= 0.3 is 5.97 Å². The maximum Gasteiger partial charge on any atom is 0.310 e. The molecule has 0 bridgehead atoms. The molecule has 6 heteroatoms. The Morgan fingerprint density at radius 1 is 1.04 bits per heavy atom. The van der Waals surface area contributed by atoms with Gasteiger partial charge in [0.2, 0.25) is 0 Å². The average Bonchev–Trinajstić information content (AvgIpc) is 2.54. The predicted molar refractivity (Wildman–Crippen MR) is 106 cm³/mol. The fourth-order valence-electron chi connectivity index (χ4n) is 2.50. The van der Waals surface area contributed by atoms with Crippen LogP contribution >= 0.6 is 15.9 Å². The van der Waals surface area contributed by atoms with Gasteiger partial charge in [-0.1, -0.05) is 46.3 Å². The molecule has 2 aromatic carbocycles. The monoisotopic (exact) mass is 438 g/mol. The van der Waals surface area contributed by atoms with Crippen LogP contribution in [0.2, 0.25) is 0 Å². The highest BCUT2D eigenvalue weighted by Gasteiger charge is 2.30. The van der Waals surface area contributed by atoms with Crippen molar-refractivity contribution in [3.8, 4) is 0 Å². The molecular formula is C20H23BrO4S. The van der Waals surface area contributed by atoms with Gasteiger partial charge in [0.25, 0.3) is 0 Å². The van der Waals surface area contributed by atoms with Crippen LogP contribution in [0.5, 0.6) is 0 Å². The minimum absolute atomic E-state index is 0.197. The summed E-state index contributed by atoms with van der Waals surface area (Å²) in [6.45, 7) is 5.31. The summed E-state index contributed by atoms with van der Waals surface area (Å²) in [5.41, 5.74) is 0.224. The van der Waals surface area contributed by atoms with Gasteiger partial charge in [0, 0.05) is 4.47 Å². The van der Waals surface area contributed by atoms with E-state index in [1.54, 1.807) is 32.9 Å². The molecule has 0 saturated carbocycles. The summed E-state index contributed by atoms with van der Waals surface area (Å²) >= 11 is 3.29. The van der Waals surface area contributed by atoms with Gasteiger partial charge < -0.3 is 4.74 Å². The topological polar surface area (TPSA) is 60.4 Å². The highest BCUT2D eigenvalue weighted by atomic mass is 79.9. The lowest BCUT2D eigenvalue weighted by Crippen LogP contribution is -2.33. The number of sulfone groups is 1. The minimum atomic E-state index is -3.62. The van der Waals surface area contributed by atoms with Crippen molar-refractivity contribution in [2.24, 2.45) is 5.92 Å². The van der Waals surface area contributed by atoms with Crippen molar-refractivity contribution >= 4 is 31.7 Å². The third-order valence-electron chi connectivity index (χ3n) is 3.66. The zero-order chi connectivity index (χ0) is 19.4. The molecule has 0 fully saturated rings. The summed E-state index contributed by atoms with van der Waals surface area (Å²) in [7, 11) is -3.62. The summed E-state index contributed by atoms with van der Waals surface area (Å²) < 4.78 is 31.8. The summed E-state index contributed by atoms with van der Waals surface area (Å²) in [4.78, 5) is 12.8. The summed E-state index contributed by atoms with van der Waals surface area (Å²) in [6, 6.07) is 15.8. The fourth-order valence-corrected chi connectivity index (χ4v) is 4.29. The van der Waals surface area contributed by atoms with E-state index in [1.165, 1.54) is 12.1 Å². The lowest BCUT2D eigenvalue weighted by atomic mass is 10.0. The molecule has 2 aromatic rings. The summed E-state index contributed by atoms with van der Waals surface area (Å²) in [5.74, 6) is -1.56. The largest absolute Gasteiger partial charge is 0.460 e. The van der Waals surface area contributed by atoms with Crippen LogP contribution in [0.1, 0.15) is 26.3 Å². The first-order valence-electron chi connectivity index (χ1n) is 8.32. The van der Waals surface area contributed by atoms with Crippen molar-refractivity contribution in [1.29, 1.82) is 0 Å². The fraction of sp³-hybridized carbons (Fsp3) is 0.350. The molecule has 4 nitrogen and oxygen atoms in total. The lowest BCUT2D eigenvalue weighted by molar-refractivity contribution is -0.159. The summed E-state index contributed by atoms with van der Waals surface area (Å²) in [5, 5.41) is 0. The lowest BCUT2D eigenvalue weighted by Gasteiger charge is -2.24. The van der Waals surface area contributed by atoms with E-state index >= 15 is 0 Å². The first-order chi connectivity index (χ1) is 12.1. The molecule has 0 aliphatic carbocycles. The van der Waals surface area contributed by atoms with Crippen LogP contribution in [0, 0.1) is 5.92 Å². The number of ether oxygens (including phenoxy) is 1. The Balaban J connectivity index is 2.27. The molecule has 0 amide bonds. The van der Waals surface area contributed by atoms with E-state index in [0.29, 0.717) is 6.42 Å². The van der Waals surface area contributed by atoms with Crippen LogP contribution in [0.3, 0.4) is 0 Å². The van der Waals surface area contributed by atoms with Gasteiger partial charge in [-0.15, -0.1) is 0 Å². The van der Waals surface area contributed by atoms with Gasteiger partial charge in [-0.2, -0.15) is 0 Å². The van der Waals surface area contributed by atoms with E-state index in [0.717, 1.165) is 10.0 Å². The molecule has 1 unspecified atom stereocenters. The van der Waals surface area contributed by atoms with Crippen molar-refractivity contribution in [2.75, 3.05) is 5.75 Å². The highest BCUT2D eigenvalue weighted by Crippen LogP contribution is 2.22. The van der Waals surface area contributed by atoms with Crippen LogP contribution in [-0.2, 0) is 25.8 Å². The third-order valence-corrected chi connectivity index (χ3v) is 6.02. The van der Waals surface area contributed by atoms with Gasteiger partial charge in [0.05, 0.1) is 16.6 Å². The molecule has 2 rings (SSSR count). The zero-order valence-electron chi connectivity index (χ0n) is 15.1. The Bertz CT molecular complexity index is 838. The van der Waals surface area contributed by atoms with E-state index in [-0.39, 0.29) is 10.6 Å². The summed E-state index contributed by atoms with van der Waals surface area (Å²) in [6.07, 6.45) is 0.311. The predicted octanol–water partition coefficient (Wildman–Crippen LogP) is 4.42. The van der Waals surface area contributed by atoms with Gasteiger partial charge in [0.15, 0.2) is 9.84 Å². The molecule has 1 atom stereocenters. The Kier molecular flexibility index (Phi) is 6.64. The number of halogens is 1. The molecule has 0 spiro atoms. The number of benzene rings is 2. The van der Waals surface area contributed by atoms with Gasteiger partial charge in [-0.05, 0) is 57.0 Å². The van der Waals surface area contributed by atoms with Crippen molar-refractivity contribution in [1.82, 2.24) is 0 Å². The Morgan fingerprint density at radius 2 is 1.62 bits per heavy atom. The normalized spacial score (nSPS) is 13.2. The van der Waals surface area contributed by atoms with Crippen LogP contribution in [0.4, 0.5) is 0 Å². The van der Waals surface area contributed by atoms with Crippen molar-refractivity contribution in [3.05, 3.63) is 64.6 Å². The van der Waals surface area contributed by atoms with E-state index in [4.69, 9.17) is 4.74 Å². The molecule has 0 saturated heterocycles. The molecule has 0 heterocycles. The quantitative estimate of drug-likeness (QED) is 0.626. The minimum Gasteiger partial charge on any atom is -0.460 e. The molecule has 26 heavy (non-hydrogen) atoms. The van der Waals surface area contributed by atoms with E-state index in [1.807, 2.05) is 30.3 Å². The number of hydrogen-bond donors (Lipinski definition) is 0. The van der Waals surface area contributed by atoms with Gasteiger partial charge in [0.1, 0.15) is 5.60 Å². The van der Waals surface area contributed by atoms with Crippen LogP contribution in [-0.4, -0.2) is 25.7 Å². The van der Waals surface area contributed by atoms with E-state index in [9.17, 15) is 13.2 Å². The van der Waals surface area contributed by atoms with Crippen molar-refractivity contribution in [2.45, 2.75) is 37.7 Å². The molecule has 0 aliphatic heterocycles. The molecule has 0 radical (unpaired) electrons. The Morgan fingerprint density at radius 3 is 2.15 bits per heavy atom. The number of rotatable bonds is 6. The first-order valence-corrected chi connectivity index (χ1v) is 10.8. The van der Waals surface area contributed by atoms with E-state index < -0.39 is 27.3 Å². The third kappa shape index (κ3) is 6.25. The number of esters is 1. The smallest absolute Gasteiger partial charge is 0.310 e. The standard InChI is InChI=1S/C20H23BrO4S/c1-20(2,3)25-19(22)16(13-15-7-5-4-6-8-15)14-26(23,24)18-11-9-17(21)10-12-18/h4-12,16H,13-14H2,1-3H3. The van der Waals surface area contributed by atoms with Crippen LogP contribution in [0.25, 0.3) is 0 Å². The maximum absolute atomic E-state index is 12.8. The second-order valence-corrected chi connectivity index (χ2v) is 10.1. The second kappa shape index (κ2) is 8.35. The average molecular weight is 439 g/mol. The van der Waals surface area contributed by atoms with E-state index in [2.05, 4.69) is 15.9 Å². The van der Waals surface area contributed by atoms with Crippen molar-refractivity contribution in [3.63, 3.8) is 0 Å². The maximum atomic E-state index is 12.8. The number of carbonyl (C=O) groups is 1. The van der Waals surface area contributed by atoms with Gasteiger partial charge in [-0.25, -0.2) is 8.42 Å².